The summed E-state index contributed by atoms with van der Waals surface area (Å²) in [4.78, 5) is 39.4. The average Bonchev–Trinajstić information content (AvgIpc) is 2.94. The van der Waals surface area contributed by atoms with E-state index in [0.717, 1.165) is 0 Å². The van der Waals surface area contributed by atoms with Crippen molar-refractivity contribution < 1.29 is 23.5 Å². The molecular formula is C30H27FN4O4. The molecule has 0 aliphatic heterocycles. The van der Waals surface area contributed by atoms with Gasteiger partial charge < -0.3 is 26.4 Å². The molecule has 4 rings (SSSR count). The minimum Gasteiger partial charge on any atom is -0.497 e. The summed E-state index contributed by atoms with van der Waals surface area (Å²) in [6.07, 6.45) is 0. The molecule has 0 saturated heterocycles. The first-order chi connectivity index (χ1) is 18.8. The van der Waals surface area contributed by atoms with Crippen molar-refractivity contribution in [3.8, 4) is 5.75 Å². The van der Waals surface area contributed by atoms with Crippen molar-refractivity contribution in [1.29, 1.82) is 0 Å². The second-order valence-corrected chi connectivity index (χ2v) is 8.67. The van der Waals surface area contributed by atoms with Crippen molar-refractivity contribution >= 4 is 34.8 Å². The zero-order chi connectivity index (χ0) is 27.8. The molecular weight excluding hydrogens is 499 g/mol. The van der Waals surface area contributed by atoms with Crippen molar-refractivity contribution in [1.82, 2.24) is 5.32 Å². The lowest BCUT2D eigenvalue weighted by molar-refractivity contribution is -0.129. The van der Waals surface area contributed by atoms with Crippen LogP contribution in [0.4, 0.5) is 21.5 Å². The Bertz CT molecular complexity index is 1490. The minimum atomic E-state index is -1.26. The predicted octanol–water partition coefficient (Wildman–Crippen LogP) is 4.71. The summed E-state index contributed by atoms with van der Waals surface area (Å²) in [7, 11) is 1.51. The SMILES string of the molecule is COc1cccc(NC(=O)C(C(=O)NCc2cccc(F)c2)c2ccc(C(=O)Nc3ccccc3N)cc2)c1. The number of methoxy groups -OCH3 is 1. The normalized spacial score (nSPS) is 11.2. The van der Waals surface area contributed by atoms with E-state index in [1.165, 1.54) is 37.4 Å². The standard InChI is InChI=1S/C30H27FN4O4/c1-39-24-9-5-8-23(17-24)34-30(38)27(29(37)33-18-19-6-4-7-22(31)16-19)20-12-14-21(15-13-20)28(36)35-26-11-3-2-10-25(26)32/h2-17,27H,18,32H2,1H3,(H,33,37)(H,34,38)(H,35,36). The first kappa shape index (κ1) is 26.9. The number of amides is 3. The lowest BCUT2D eigenvalue weighted by Gasteiger charge is -2.18. The third-order valence-electron chi connectivity index (χ3n) is 5.93. The maximum atomic E-state index is 13.6. The van der Waals surface area contributed by atoms with Gasteiger partial charge in [-0.05, 0) is 59.7 Å². The van der Waals surface area contributed by atoms with Gasteiger partial charge in [-0.15, -0.1) is 0 Å². The Hall–Kier alpha value is -5.18. The number of hydrogen-bond acceptors (Lipinski definition) is 5. The number of nitrogen functional groups attached to an aromatic ring is 1. The molecule has 1 atom stereocenters. The molecule has 4 aromatic carbocycles. The van der Waals surface area contributed by atoms with E-state index in [0.29, 0.717) is 39.5 Å². The highest BCUT2D eigenvalue weighted by atomic mass is 19.1. The molecule has 1 unspecified atom stereocenters. The van der Waals surface area contributed by atoms with Gasteiger partial charge in [-0.1, -0.05) is 42.5 Å². The average molecular weight is 527 g/mol. The molecule has 3 amide bonds. The van der Waals surface area contributed by atoms with Gasteiger partial charge in [-0.2, -0.15) is 0 Å². The van der Waals surface area contributed by atoms with Crippen LogP contribution in [0.2, 0.25) is 0 Å². The van der Waals surface area contributed by atoms with Crippen LogP contribution >= 0.6 is 0 Å². The van der Waals surface area contributed by atoms with Crippen molar-refractivity contribution in [3.05, 3.63) is 120 Å². The summed E-state index contributed by atoms with van der Waals surface area (Å²) < 4.78 is 18.8. The quantitative estimate of drug-likeness (QED) is 0.186. The van der Waals surface area contributed by atoms with Crippen LogP contribution in [0, 0.1) is 5.82 Å². The molecule has 0 aliphatic carbocycles. The molecule has 5 N–H and O–H groups in total. The molecule has 0 heterocycles. The van der Waals surface area contributed by atoms with Crippen LogP contribution in [0.3, 0.4) is 0 Å². The van der Waals surface area contributed by atoms with Gasteiger partial charge in [0.2, 0.25) is 11.8 Å². The molecule has 0 fully saturated rings. The van der Waals surface area contributed by atoms with Crippen molar-refractivity contribution in [2.24, 2.45) is 0 Å². The number of nitrogens with one attached hydrogen (secondary N) is 3. The summed E-state index contributed by atoms with van der Waals surface area (Å²) in [5.74, 6) is -2.73. The summed E-state index contributed by atoms with van der Waals surface area (Å²) in [6, 6.07) is 25.6. The topological polar surface area (TPSA) is 123 Å². The highest BCUT2D eigenvalue weighted by molar-refractivity contribution is 6.11. The number of halogens is 1. The smallest absolute Gasteiger partial charge is 0.255 e. The Morgan fingerprint density at radius 3 is 2.31 bits per heavy atom. The Morgan fingerprint density at radius 1 is 0.846 bits per heavy atom. The van der Waals surface area contributed by atoms with E-state index >= 15 is 0 Å². The summed E-state index contributed by atoms with van der Waals surface area (Å²) >= 11 is 0. The zero-order valence-electron chi connectivity index (χ0n) is 21.1. The molecule has 0 aliphatic rings. The van der Waals surface area contributed by atoms with Gasteiger partial charge in [0.05, 0.1) is 18.5 Å². The number of nitrogens with two attached hydrogens (primary N) is 1. The van der Waals surface area contributed by atoms with Crippen LogP contribution in [0.1, 0.15) is 27.4 Å². The number of para-hydroxylation sites is 2. The maximum absolute atomic E-state index is 13.6. The highest BCUT2D eigenvalue weighted by Crippen LogP contribution is 2.23. The molecule has 39 heavy (non-hydrogen) atoms. The fraction of sp³-hybridized carbons (Fsp3) is 0.100. The lowest BCUT2D eigenvalue weighted by Crippen LogP contribution is -2.36. The van der Waals surface area contributed by atoms with Gasteiger partial charge in [-0.3, -0.25) is 14.4 Å². The first-order valence-electron chi connectivity index (χ1n) is 12.1. The van der Waals surface area contributed by atoms with Crippen LogP contribution in [-0.2, 0) is 16.1 Å². The van der Waals surface area contributed by atoms with E-state index in [9.17, 15) is 18.8 Å². The predicted molar refractivity (Wildman–Crippen MR) is 148 cm³/mol. The van der Waals surface area contributed by atoms with Crippen LogP contribution in [-0.4, -0.2) is 24.8 Å². The number of rotatable bonds is 9. The van der Waals surface area contributed by atoms with E-state index in [-0.39, 0.29) is 6.54 Å². The van der Waals surface area contributed by atoms with Crippen LogP contribution in [0.5, 0.6) is 5.75 Å². The Morgan fingerprint density at radius 2 is 1.59 bits per heavy atom. The number of carbonyl (C=O) groups excluding carboxylic acids is 3. The molecule has 0 saturated carbocycles. The van der Waals surface area contributed by atoms with Gasteiger partial charge >= 0.3 is 0 Å². The number of carbonyl (C=O) groups is 3. The van der Waals surface area contributed by atoms with Gasteiger partial charge in [0.15, 0.2) is 0 Å². The monoisotopic (exact) mass is 526 g/mol. The summed E-state index contributed by atoms with van der Waals surface area (Å²) in [5.41, 5.74) is 8.46. The van der Waals surface area contributed by atoms with Gasteiger partial charge in [0.25, 0.3) is 5.91 Å². The van der Waals surface area contributed by atoms with E-state index in [2.05, 4.69) is 16.0 Å². The Kier molecular flexibility index (Phi) is 8.53. The molecule has 8 nitrogen and oxygen atoms in total. The van der Waals surface area contributed by atoms with E-state index in [1.54, 1.807) is 66.7 Å². The van der Waals surface area contributed by atoms with Crippen molar-refractivity contribution in [2.75, 3.05) is 23.5 Å². The van der Waals surface area contributed by atoms with Crippen molar-refractivity contribution in [2.45, 2.75) is 12.5 Å². The molecule has 0 bridgehead atoms. The molecule has 0 radical (unpaired) electrons. The van der Waals surface area contributed by atoms with Crippen LogP contribution < -0.4 is 26.4 Å². The maximum Gasteiger partial charge on any atom is 0.255 e. The molecule has 4 aromatic rings. The van der Waals surface area contributed by atoms with Crippen LogP contribution in [0.25, 0.3) is 0 Å². The second kappa shape index (κ2) is 12.4. The van der Waals surface area contributed by atoms with E-state index in [1.807, 2.05) is 0 Å². The van der Waals surface area contributed by atoms with Gasteiger partial charge in [0, 0.05) is 23.9 Å². The van der Waals surface area contributed by atoms with E-state index in [4.69, 9.17) is 10.5 Å². The van der Waals surface area contributed by atoms with Crippen molar-refractivity contribution in [3.63, 3.8) is 0 Å². The summed E-state index contributed by atoms with van der Waals surface area (Å²) in [5, 5.41) is 8.19. The number of anilines is 3. The molecule has 0 aromatic heterocycles. The Labute approximate surface area is 225 Å². The van der Waals surface area contributed by atoms with Gasteiger partial charge in [-0.25, -0.2) is 4.39 Å². The highest BCUT2D eigenvalue weighted by Gasteiger charge is 2.29. The fourth-order valence-electron chi connectivity index (χ4n) is 3.91. The molecule has 198 valence electrons. The molecule has 9 heteroatoms. The minimum absolute atomic E-state index is 0.0263. The number of ether oxygens (including phenoxy) is 1. The summed E-state index contributed by atoms with van der Waals surface area (Å²) in [6.45, 7) is 0.0263. The number of hydrogen-bond donors (Lipinski definition) is 4. The fourth-order valence-corrected chi connectivity index (χ4v) is 3.91. The second-order valence-electron chi connectivity index (χ2n) is 8.67. The third-order valence-corrected chi connectivity index (χ3v) is 5.93. The van der Waals surface area contributed by atoms with E-state index < -0.39 is 29.5 Å². The largest absolute Gasteiger partial charge is 0.497 e. The van der Waals surface area contributed by atoms with Crippen LogP contribution in [0.15, 0.2) is 97.1 Å². The number of benzene rings is 4. The third kappa shape index (κ3) is 6.98. The molecule has 0 spiro atoms. The zero-order valence-corrected chi connectivity index (χ0v) is 21.1. The lowest BCUT2D eigenvalue weighted by atomic mass is 9.95. The van der Waals surface area contributed by atoms with Gasteiger partial charge in [0.1, 0.15) is 17.5 Å². The Balaban J connectivity index is 1.56. The first-order valence-corrected chi connectivity index (χ1v) is 12.1.